The second-order valence-electron chi connectivity index (χ2n) is 2.99. The van der Waals surface area contributed by atoms with Crippen LogP contribution in [0.5, 0.6) is 11.5 Å². The van der Waals surface area contributed by atoms with Gasteiger partial charge in [0.2, 0.25) is 0 Å². The number of para-hydroxylation sites is 1. The third-order valence-electron chi connectivity index (χ3n) is 1.88. The van der Waals surface area contributed by atoms with E-state index in [0.29, 0.717) is 5.75 Å². The van der Waals surface area contributed by atoms with Gasteiger partial charge in [-0.2, -0.15) is 0 Å². The summed E-state index contributed by atoms with van der Waals surface area (Å²) in [4.78, 5) is 0. The average Bonchev–Trinajstić information content (AvgIpc) is 2.25. The van der Waals surface area contributed by atoms with E-state index < -0.39 is 5.82 Å². The first-order valence-corrected chi connectivity index (χ1v) is 4.43. The zero-order valence-electron chi connectivity index (χ0n) is 7.78. The summed E-state index contributed by atoms with van der Waals surface area (Å²) in [6.07, 6.45) is 0. The number of hydrogen-bond acceptors (Lipinski definition) is 1. The number of halogens is 2. The van der Waals surface area contributed by atoms with Crippen molar-refractivity contribution in [3.63, 3.8) is 0 Å². The third-order valence-corrected chi connectivity index (χ3v) is 1.88. The summed E-state index contributed by atoms with van der Waals surface area (Å²) < 4.78 is 31.0. The van der Waals surface area contributed by atoms with Crippen LogP contribution >= 0.6 is 0 Å². The summed E-state index contributed by atoms with van der Waals surface area (Å²) in [5.41, 5.74) is 0. The highest BCUT2D eigenvalue weighted by atomic mass is 19.1. The van der Waals surface area contributed by atoms with Crippen molar-refractivity contribution < 1.29 is 13.5 Å². The Balaban J connectivity index is 2.22. The smallest absolute Gasteiger partial charge is 0.165 e. The van der Waals surface area contributed by atoms with Crippen LogP contribution in [0.4, 0.5) is 8.78 Å². The van der Waals surface area contributed by atoms with Crippen molar-refractivity contribution in [2.45, 2.75) is 0 Å². The summed E-state index contributed by atoms with van der Waals surface area (Å²) in [6, 6.07) is 11.5. The lowest BCUT2D eigenvalue weighted by Crippen LogP contribution is -1.87. The number of hydrogen-bond donors (Lipinski definition) is 0. The maximum Gasteiger partial charge on any atom is 0.165 e. The molecule has 0 aliphatic carbocycles. The van der Waals surface area contributed by atoms with Crippen molar-refractivity contribution in [3.05, 3.63) is 60.2 Å². The Kier molecular flexibility index (Phi) is 2.63. The van der Waals surface area contributed by atoms with Gasteiger partial charge in [-0.1, -0.05) is 12.1 Å². The molecule has 0 amide bonds. The molecule has 0 aromatic heterocycles. The van der Waals surface area contributed by atoms with E-state index in [1.165, 1.54) is 36.4 Å². The predicted octanol–water partition coefficient (Wildman–Crippen LogP) is 3.76. The Labute approximate surface area is 85.9 Å². The van der Waals surface area contributed by atoms with Crippen molar-refractivity contribution in [2.75, 3.05) is 0 Å². The second kappa shape index (κ2) is 4.09. The molecular weight excluding hydrogens is 198 g/mol. The average molecular weight is 206 g/mol. The summed E-state index contributed by atoms with van der Waals surface area (Å²) in [6.45, 7) is 0. The van der Waals surface area contributed by atoms with Gasteiger partial charge in [0.1, 0.15) is 11.6 Å². The lowest BCUT2D eigenvalue weighted by Gasteiger charge is -2.05. The normalized spacial score (nSPS) is 10.0. The number of rotatable bonds is 2. The molecule has 2 aromatic rings. The van der Waals surface area contributed by atoms with Gasteiger partial charge in [0.15, 0.2) is 11.6 Å². The molecule has 0 fully saturated rings. The molecule has 0 bridgehead atoms. The molecule has 2 aromatic carbocycles. The molecule has 1 nitrogen and oxygen atoms in total. The van der Waals surface area contributed by atoms with E-state index in [2.05, 4.69) is 0 Å². The van der Waals surface area contributed by atoms with Crippen LogP contribution in [0.1, 0.15) is 0 Å². The van der Waals surface area contributed by atoms with Crippen LogP contribution in [0, 0.1) is 11.6 Å². The van der Waals surface area contributed by atoms with Crippen molar-refractivity contribution in [1.29, 1.82) is 0 Å². The van der Waals surface area contributed by atoms with Crippen LogP contribution in [-0.4, -0.2) is 0 Å². The molecule has 0 N–H and O–H groups in total. The Morgan fingerprint density at radius 2 is 1.47 bits per heavy atom. The van der Waals surface area contributed by atoms with Crippen LogP contribution in [-0.2, 0) is 0 Å². The highest BCUT2D eigenvalue weighted by Crippen LogP contribution is 2.23. The van der Waals surface area contributed by atoms with Gasteiger partial charge in [-0.3, -0.25) is 0 Å². The molecule has 0 unspecified atom stereocenters. The fraction of sp³-hybridized carbons (Fsp3) is 0. The molecule has 0 heterocycles. The summed E-state index contributed by atoms with van der Waals surface area (Å²) in [7, 11) is 0. The van der Waals surface area contributed by atoms with E-state index in [0.717, 1.165) is 0 Å². The molecule has 0 aliphatic heterocycles. The first-order valence-electron chi connectivity index (χ1n) is 4.43. The van der Waals surface area contributed by atoms with Crippen LogP contribution < -0.4 is 4.74 Å². The highest BCUT2D eigenvalue weighted by Gasteiger charge is 2.02. The van der Waals surface area contributed by atoms with Gasteiger partial charge in [-0.25, -0.2) is 8.78 Å². The van der Waals surface area contributed by atoms with Crippen LogP contribution in [0.25, 0.3) is 0 Å². The minimum absolute atomic E-state index is 0.129. The number of ether oxygens (including phenoxy) is 1. The largest absolute Gasteiger partial charge is 0.454 e. The van der Waals surface area contributed by atoms with Crippen LogP contribution in [0.2, 0.25) is 0 Å². The standard InChI is InChI=1S/C12H8F2O/c13-9-5-7-10(8-6-9)15-12-4-2-1-3-11(12)14/h1-8H. The third kappa shape index (κ3) is 2.31. The van der Waals surface area contributed by atoms with Gasteiger partial charge in [0, 0.05) is 0 Å². The van der Waals surface area contributed by atoms with Crippen LogP contribution in [0.15, 0.2) is 48.5 Å². The van der Waals surface area contributed by atoms with E-state index in [-0.39, 0.29) is 11.6 Å². The van der Waals surface area contributed by atoms with Gasteiger partial charge < -0.3 is 4.74 Å². The molecule has 2 rings (SSSR count). The molecule has 0 saturated heterocycles. The van der Waals surface area contributed by atoms with Crippen molar-refractivity contribution in [2.24, 2.45) is 0 Å². The molecular formula is C12H8F2O. The molecule has 0 aliphatic rings. The van der Waals surface area contributed by atoms with Crippen molar-refractivity contribution in [3.8, 4) is 11.5 Å². The Hall–Kier alpha value is -1.90. The molecule has 0 saturated carbocycles. The quantitative estimate of drug-likeness (QED) is 0.726. The van der Waals surface area contributed by atoms with E-state index in [1.54, 1.807) is 12.1 Å². The summed E-state index contributed by atoms with van der Waals surface area (Å²) in [5.74, 6) is -0.261. The molecule has 0 radical (unpaired) electrons. The van der Waals surface area contributed by atoms with Gasteiger partial charge in [0.05, 0.1) is 0 Å². The van der Waals surface area contributed by atoms with E-state index in [9.17, 15) is 8.78 Å². The maximum atomic E-state index is 13.2. The highest BCUT2D eigenvalue weighted by molar-refractivity contribution is 5.31. The van der Waals surface area contributed by atoms with Crippen LogP contribution in [0.3, 0.4) is 0 Å². The fourth-order valence-electron chi connectivity index (χ4n) is 1.16. The van der Waals surface area contributed by atoms with Gasteiger partial charge in [-0.15, -0.1) is 0 Å². The lowest BCUT2D eigenvalue weighted by atomic mass is 10.3. The monoisotopic (exact) mass is 206 g/mol. The van der Waals surface area contributed by atoms with E-state index >= 15 is 0 Å². The second-order valence-corrected chi connectivity index (χ2v) is 2.99. The topological polar surface area (TPSA) is 9.23 Å². The van der Waals surface area contributed by atoms with Gasteiger partial charge >= 0.3 is 0 Å². The Morgan fingerprint density at radius 3 is 2.13 bits per heavy atom. The zero-order valence-corrected chi connectivity index (χ0v) is 7.78. The molecule has 15 heavy (non-hydrogen) atoms. The predicted molar refractivity (Wildman–Crippen MR) is 52.9 cm³/mol. The van der Waals surface area contributed by atoms with Gasteiger partial charge in [0.25, 0.3) is 0 Å². The Morgan fingerprint density at radius 1 is 0.800 bits per heavy atom. The Bertz CT molecular complexity index is 451. The molecule has 3 heteroatoms. The fourth-order valence-corrected chi connectivity index (χ4v) is 1.16. The van der Waals surface area contributed by atoms with E-state index in [4.69, 9.17) is 4.74 Å². The maximum absolute atomic E-state index is 13.2. The number of benzene rings is 2. The SMILES string of the molecule is Fc1ccc(Oc2ccccc2F)cc1. The minimum Gasteiger partial charge on any atom is -0.454 e. The molecule has 0 atom stereocenters. The minimum atomic E-state index is -0.443. The van der Waals surface area contributed by atoms with Crippen molar-refractivity contribution >= 4 is 0 Å². The lowest BCUT2D eigenvalue weighted by molar-refractivity contribution is 0.441. The molecule has 76 valence electrons. The van der Waals surface area contributed by atoms with Crippen molar-refractivity contribution in [1.82, 2.24) is 0 Å². The summed E-state index contributed by atoms with van der Waals surface area (Å²) >= 11 is 0. The first kappa shape index (κ1) is 9.65. The zero-order chi connectivity index (χ0) is 10.7. The summed E-state index contributed by atoms with van der Waals surface area (Å²) in [5, 5.41) is 0. The van der Waals surface area contributed by atoms with E-state index in [1.807, 2.05) is 0 Å². The van der Waals surface area contributed by atoms with Gasteiger partial charge in [-0.05, 0) is 36.4 Å². The first-order chi connectivity index (χ1) is 7.25. The molecule has 0 spiro atoms.